The number of carbonyl (C=O) groups excluding carboxylic acids is 2. The number of nitrogens with one attached hydrogen (secondary N) is 1. The van der Waals surface area contributed by atoms with Crippen molar-refractivity contribution in [1.82, 2.24) is 5.32 Å². The third kappa shape index (κ3) is 4.91. The van der Waals surface area contributed by atoms with Crippen LogP contribution in [0.3, 0.4) is 0 Å². The van der Waals surface area contributed by atoms with E-state index in [1.54, 1.807) is 0 Å². The first-order valence-electron chi connectivity index (χ1n) is 10.5. The van der Waals surface area contributed by atoms with Crippen molar-refractivity contribution >= 4 is 23.5 Å². The van der Waals surface area contributed by atoms with Gasteiger partial charge in [0.15, 0.2) is 5.70 Å². The van der Waals surface area contributed by atoms with E-state index in [-0.39, 0.29) is 22.6 Å². The molecule has 0 spiro atoms. The minimum absolute atomic E-state index is 0.0269. The maximum atomic E-state index is 13.7. The molecular formula is C25H19F3N4O4. The summed E-state index contributed by atoms with van der Waals surface area (Å²) in [7, 11) is 0. The summed E-state index contributed by atoms with van der Waals surface area (Å²) >= 11 is 0. The topological polar surface area (TPSA) is 115 Å². The molecule has 0 aromatic heterocycles. The number of nitriles is 1. The van der Waals surface area contributed by atoms with Crippen LogP contribution in [-0.4, -0.2) is 28.9 Å². The van der Waals surface area contributed by atoms with Gasteiger partial charge in [0, 0.05) is 17.3 Å². The number of carboxylic acids is 1. The molecule has 2 aromatic carbocycles. The van der Waals surface area contributed by atoms with E-state index >= 15 is 0 Å². The Hall–Kier alpha value is -4.64. The molecule has 2 aromatic rings. The number of amides is 2. The van der Waals surface area contributed by atoms with E-state index in [1.165, 1.54) is 44.2 Å². The minimum Gasteiger partial charge on any atom is -0.480 e. The number of halogens is 3. The molecule has 0 fully saturated rings. The monoisotopic (exact) mass is 496 g/mol. The number of hydrogen-bond donors (Lipinski definition) is 2. The number of allylic oxidation sites excluding steroid dienone is 2. The van der Waals surface area contributed by atoms with Gasteiger partial charge in [-0.15, -0.1) is 0 Å². The van der Waals surface area contributed by atoms with Crippen LogP contribution in [0.5, 0.6) is 0 Å². The fourth-order valence-corrected chi connectivity index (χ4v) is 3.98. The van der Waals surface area contributed by atoms with Gasteiger partial charge >= 0.3 is 12.1 Å². The van der Waals surface area contributed by atoms with Crippen molar-refractivity contribution in [2.24, 2.45) is 5.92 Å². The van der Waals surface area contributed by atoms with Crippen molar-refractivity contribution in [3.8, 4) is 6.07 Å². The third-order valence-corrected chi connectivity index (χ3v) is 5.78. The highest BCUT2D eigenvalue weighted by Crippen LogP contribution is 2.43. The molecule has 1 aliphatic heterocycles. The number of carbonyl (C=O) groups is 3. The summed E-state index contributed by atoms with van der Waals surface area (Å²) in [5.74, 6) is -6.13. The van der Waals surface area contributed by atoms with Crippen molar-refractivity contribution in [2.45, 2.75) is 32.0 Å². The molecule has 0 saturated carbocycles. The SMILES string of the molecule is [C-]#[N+]C1=C(C)N(c2cccc(C(F)(F)F)c2)C(=O)C(C(=O)N[C@@H](C)C(=O)O)C1c1ccc(C#N)cc1. The van der Waals surface area contributed by atoms with Gasteiger partial charge in [0.25, 0.3) is 0 Å². The number of hydrogen-bond acceptors (Lipinski definition) is 4. The van der Waals surface area contributed by atoms with Gasteiger partial charge < -0.3 is 10.4 Å². The molecule has 11 heteroatoms. The van der Waals surface area contributed by atoms with Crippen LogP contribution in [0.25, 0.3) is 4.85 Å². The van der Waals surface area contributed by atoms with Crippen molar-refractivity contribution < 1.29 is 32.7 Å². The van der Waals surface area contributed by atoms with E-state index in [4.69, 9.17) is 11.8 Å². The van der Waals surface area contributed by atoms with E-state index in [2.05, 4.69) is 10.2 Å². The second-order valence-corrected chi connectivity index (χ2v) is 8.06. The molecule has 0 saturated heterocycles. The number of anilines is 1. The number of carboxylic acid groups (broad SMARTS) is 1. The van der Waals surface area contributed by atoms with Crippen LogP contribution in [0.15, 0.2) is 59.9 Å². The molecule has 1 heterocycles. The number of benzene rings is 2. The van der Waals surface area contributed by atoms with Gasteiger partial charge in [0.1, 0.15) is 12.0 Å². The zero-order chi connectivity index (χ0) is 26.8. The molecule has 3 atom stereocenters. The Balaban J connectivity index is 2.23. The second-order valence-electron chi connectivity index (χ2n) is 8.06. The highest BCUT2D eigenvalue weighted by molar-refractivity contribution is 6.12. The van der Waals surface area contributed by atoms with Crippen LogP contribution in [-0.2, 0) is 20.6 Å². The molecule has 3 rings (SSSR count). The molecule has 2 N–H and O–H groups in total. The lowest BCUT2D eigenvalue weighted by Gasteiger charge is -2.38. The van der Waals surface area contributed by atoms with Gasteiger partial charge in [-0.25, -0.2) is 4.85 Å². The smallest absolute Gasteiger partial charge is 0.416 e. The summed E-state index contributed by atoms with van der Waals surface area (Å²) in [4.78, 5) is 42.6. The number of rotatable bonds is 5. The van der Waals surface area contributed by atoms with Crippen LogP contribution in [0, 0.1) is 23.8 Å². The summed E-state index contributed by atoms with van der Waals surface area (Å²) in [6.07, 6.45) is -4.70. The summed E-state index contributed by atoms with van der Waals surface area (Å²) in [6.45, 7) is 10.3. The fourth-order valence-electron chi connectivity index (χ4n) is 3.98. The van der Waals surface area contributed by atoms with Crippen LogP contribution >= 0.6 is 0 Å². The normalized spacial score (nSPS) is 18.8. The van der Waals surface area contributed by atoms with E-state index < -0.39 is 47.4 Å². The summed E-state index contributed by atoms with van der Waals surface area (Å²) in [6, 6.07) is 10.3. The predicted molar refractivity (Wildman–Crippen MR) is 121 cm³/mol. The molecule has 36 heavy (non-hydrogen) atoms. The van der Waals surface area contributed by atoms with Crippen LogP contribution in [0.1, 0.15) is 36.5 Å². The Morgan fingerprint density at radius 3 is 2.39 bits per heavy atom. The van der Waals surface area contributed by atoms with Crippen molar-refractivity contribution in [1.29, 1.82) is 5.26 Å². The summed E-state index contributed by atoms with van der Waals surface area (Å²) < 4.78 is 40.0. The Bertz CT molecular complexity index is 1340. The van der Waals surface area contributed by atoms with E-state index in [1.807, 2.05) is 6.07 Å². The largest absolute Gasteiger partial charge is 0.480 e. The summed E-state index contributed by atoms with van der Waals surface area (Å²) in [5.41, 5.74) is -0.661. The second kappa shape index (κ2) is 9.92. The highest BCUT2D eigenvalue weighted by Gasteiger charge is 2.47. The molecule has 1 aliphatic rings. The van der Waals surface area contributed by atoms with E-state index in [0.717, 1.165) is 23.1 Å². The summed E-state index contributed by atoms with van der Waals surface area (Å²) in [5, 5.41) is 20.5. The first-order valence-corrected chi connectivity index (χ1v) is 10.5. The van der Waals surface area contributed by atoms with Gasteiger partial charge in [-0.05, 0) is 49.7 Å². The van der Waals surface area contributed by atoms with E-state index in [0.29, 0.717) is 5.56 Å². The van der Waals surface area contributed by atoms with Crippen molar-refractivity contribution in [3.63, 3.8) is 0 Å². The maximum Gasteiger partial charge on any atom is 0.416 e. The lowest BCUT2D eigenvalue weighted by atomic mass is 9.78. The maximum absolute atomic E-state index is 13.7. The first-order chi connectivity index (χ1) is 16.9. The highest BCUT2D eigenvalue weighted by atomic mass is 19.4. The molecule has 184 valence electrons. The van der Waals surface area contributed by atoms with Crippen LogP contribution < -0.4 is 10.2 Å². The molecule has 0 radical (unpaired) electrons. The van der Waals surface area contributed by atoms with Crippen molar-refractivity contribution in [2.75, 3.05) is 4.90 Å². The molecule has 2 unspecified atom stereocenters. The molecule has 2 amide bonds. The van der Waals surface area contributed by atoms with Gasteiger partial charge in [0.2, 0.25) is 11.8 Å². The molecular weight excluding hydrogens is 477 g/mol. The predicted octanol–water partition coefficient (Wildman–Crippen LogP) is 4.06. The molecule has 0 bridgehead atoms. The Morgan fingerprint density at radius 1 is 1.22 bits per heavy atom. The average Bonchev–Trinajstić information content (AvgIpc) is 2.83. The fraction of sp³-hybridized carbons (Fsp3) is 0.240. The lowest BCUT2D eigenvalue weighted by molar-refractivity contribution is -0.143. The molecule has 0 aliphatic carbocycles. The Morgan fingerprint density at radius 2 is 1.86 bits per heavy atom. The zero-order valence-corrected chi connectivity index (χ0v) is 19.0. The number of nitrogens with zero attached hydrogens (tertiary/aromatic N) is 3. The van der Waals surface area contributed by atoms with Crippen LogP contribution in [0.2, 0.25) is 0 Å². The quantitative estimate of drug-likeness (QED) is 0.479. The average molecular weight is 496 g/mol. The van der Waals surface area contributed by atoms with Gasteiger partial charge in [-0.1, -0.05) is 18.2 Å². The third-order valence-electron chi connectivity index (χ3n) is 5.78. The standard InChI is InChI=1S/C25H19F3N4O4/c1-13(24(35)36)31-22(33)20-19(16-9-7-15(12-29)8-10-16)21(30-3)14(2)32(23(20)34)18-6-4-5-17(11-18)25(26,27)28/h4-11,13,19-20H,1-2H3,(H,31,33)(H,35,36)/t13-,19?,20?/m0/s1. The lowest BCUT2D eigenvalue weighted by Crippen LogP contribution is -2.52. The number of alkyl halides is 3. The number of aliphatic carboxylic acids is 1. The Kier molecular flexibility index (Phi) is 7.16. The zero-order valence-electron chi connectivity index (χ0n) is 19.0. The molecule has 8 nitrogen and oxygen atoms in total. The first kappa shape index (κ1) is 26.0. The van der Waals surface area contributed by atoms with E-state index in [9.17, 15) is 32.7 Å². The van der Waals surface area contributed by atoms with Gasteiger partial charge in [-0.2, -0.15) is 18.4 Å². The minimum atomic E-state index is -4.70. The van der Waals surface area contributed by atoms with Gasteiger partial charge in [-0.3, -0.25) is 19.3 Å². The van der Waals surface area contributed by atoms with Crippen LogP contribution in [0.4, 0.5) is 18.9 Å². The Labute approximate surface area is 204 Å². The van der Waals surface area contributed by atoms with Gasteiger partial charge in [0.05, 0.1) is 23.8 Å². The van der Waals surface area contributed by atoms with Crippen molar-refractivity contribution in [3.05, 3.63) is 88.0 Å².